The van der Waals surface area contributed by atoms with Crippen LogP contribution in [0.4, 0.5) is 0 Å². The van der Waals surface area contributed by atoms with Gasteiger partial charge in [-0.2, -0.15) is 0 Å². The van der Waals surface area contributed by atoms with Crippen LogP contribution in [0.3, 0.4) is 0 Å². The number of aromatic nitrogens is 1. The van der Waals surface area contributed by atoms with Crippen molar-refractivity contribution in [3.05, 3.63) is 36.0 Å². The Balaban J connectivity index is 1.87. The number of amides is 1. The van der Waals surface area contributed by atoms with Gasteiger partial charge in [-0.1, -0.05) is 12.8 Å². The van der Waals surface area contributed by atoms with Crippen molar-refractivity contribution in [2.75, 3.05) is 13.2 Å². The molecule has 106 valence electrons. The molecule has 1 aliphatic carbocycles. The summed E-state index contributed by atoms with van der Waals surface area (Å²) < 4.78 is 0. The van der Waals surface area contributed by atoms with Gasteiger partial charge in [-0.3, -0.25) is 4.79 Å². The minimum absolute atomic E-state index is 0.0225. The normalized spacial score (nSPS) is 15.8. The number of hydrogen-bond acceptors (Lipinski definition) is 2. The fourth-order valence-electron chi connectivity index (χ4n) is 3.13. The first kappa shape index (κ1) is 13.2. The number of H-pyrrole nitrogens is 1. The van der Waals surface area contributed by atoms with Gasteiger partial charge in [0.05, 0.1) is 6.61 Å². The number of aliphatic hydroxyl groups excluding tert-OH is 1. The van der Waals surface area contributed by atoms with Gasteiger partial charge in [0, 0.05) is 35.2 Å². The molecule has 0 radical (unpaired) electrons. The molecule has 0 atom stereocenters. The molecule has 1 amide bonds. The number of fused-ring (bicyclic) bond motifs is 1. The summed E-state index contributed by atoms with van der Waals surface area (Å²) in [4.78, 5) is 17.7. The highest BCUT2D eigenvalue weighted by Crippen LogP contribution is 2.25. The minimum Gasteiger partial charge on any atom is -0.395 e. The highest BCUT2D eigenvalue weighted by Gasteiger charge is 2.27. The van der Waals surface area contributed by atoms with E-state index in [1.54, 1.807) is 0 Å². The zero-order valence-corrected chi connectivity index (χ0v) is 11.5. The second-order valence-corrected chi connectivity index (χ2v) is 5.44. The molecule has 1 saturated carbocycles. The Morgan fingerprint density at radius 1 is 1.30 bits per heavy atom. The lowest BCUT2D eigenvalue weighted by atomic mass is 10.1. The van der Waals surface area contributed by atoms with E-state index in [4.69, 9.17) is 0 Å². The summed E-state index contributed by atoms with van der Waals surface area (Å²) in [5.74, 6) is 0.0362. The Bertz CT molecular complexity index is 599. The monoisotopic (exact) mass is 272 g/mol. The van der Waals surface area contributed by atoms with E-state index in [0.29, 0.717) is 12.1 Å². The Morgan fingerprint density at radius 3 is 2.85 bits per heavy atom. The molecule has 1 heterocycles. The zero-order valence-electron chi connectivity index (χ0n) is 11.5. The molecule has 2 N–H and O–H groups in total. The van der Waals surface area contributed by atoms with Crippen LogP contribution in [-0.4, -0.2) is 40.1 Å². The van der Waals surface area contributed by atoms with E-state index in [0.717, 1.165) is 23.7 Å². The maximum absolute atomic E-state index is 12.7. The SMILES string of the molecule is O=C(c1ccc2[nH]ccc2c1)N(CCO)C1CCCC1. The van der Waals surface area contributed by atoms with Crippen LogP contribution in [0.15, 0.2) is 30.5 Å². The van der Waals surface area contributed by atoms with Gasteiger partial charge in [0.2, 0.25) is 0 Å². The van der Waals surface area contributed by atoms with Crippen LogP contribution in [0.2, 0.25) is 0 Å². The molecular formula is C16H20N2O2. The van der Waals surface area contributed by atoms with Gasteiger partial charge in [0.25, 0.3) is 5.91 Å². The highest BCUT2D eigenvalue weighted by atomic mass is 16.3. The number of aromatic amines is 1. The van der Waals surface area contributed by atoms with Crippen molar-refractivity contribution in [3.8, 4) is 0 Å². The predicted molar refractivity (Wildman–Crippen MR) is 78.7 cm³/mol. The molecular weight excluding hydrogens is 252 g/mol. The fraction of sp³-hybridized carbons (Fsp3) is 0.438. The summed E-state index contributed by atoms with van der Waals surface area (Å²) in [6.07, 6.45) is 6.34. The van der Waals surface area contributed by atoms with Gasteiger partial charge in [-0.25, -0.2) is 0 Å². The largest absolute Gasteiger partial charge is 0.395 e. The lowest BCUT2D eigenvalue weighted by molar-refractivity contribution is 0.0638. The number of carbonyl (C=O) groups excluding carboxylic acids is 1. The van der Waals surface area contributed by atoms with Gasteiger partial charge in [-0.05, 0) is 37.1 Å². The number of aliphatic hydroxyl groups is 1. The maximum atomic E-state index is 12.7. The molecule has 1 aliphatic rings. The second-order valence-electron chi connectivity index (χ2n) is 5.44. The predicted octanol–water partition coefficient (Wildman–Crippen LogP) is 2.55. The van der Waals surface area contributed by atoms with Crippen molar-refractivity contribution < 1.29 is 9.90 Å². The van der Waals surface area contributed by atoms with E-state index in [9.17, 15) is 9.90 Å². The van der Waals surface area contributed by atoms with Crippen LogP contribution in [-0.2, 0) is 0 Å². The van der Waals surface area contributed by atoms with Crippen LogP contribution in [0.25, 0.3) is 10.9 Å². The lowest BCUT2D eigenvalue weighted by Crippen LogP contribution is -2.40. The molecule has 1 aromatic heterocycles. The first-order valence-electron chi connectivity index (χ1n) is 7.28. The van der Waals surface area contributed by atoms with E-state index in [-0.39, 0.29) is 18.6 Å². The number of rotatable bonds is 4. The molecule has 4 heteroatoms. The Labute approximate surface area is 118 Å². The molecule has 1 fully saturated rings. The molecule has 0 saturated heterocycles. The number of nitrogens with zero attached hydrogens (tertiary/aromatic N) is 1. The summed E-state index contributed by atoms with van der Waals surface area (Å²) >= 11 is 0. The van der Waals surface area contributed by atoms with Gasteiger partial charge in [0.15, 0.2) is 0 Å². The van der Waals surface area contributed by atoms with Crippen molar-refractivity contribution >= 4 is 16.8 Å². The summed E-state index contributed by atoms with van der Waals surface area (Å²) in [6.45, 7) is 0.448. The van der Waals surface area contributed by atoms with Crippen molar-refractivity contribution in [3.63, 3.8) is 0 Å². The van der Waals surface area contributed by atoms with E-state index in [2.05, 4.69) is 4.98 Å². The maximum Gasteiger partial charge on any atom is 0.254 e. The standard InChI is InChI=1S/C16H20N2O2/c19-10-9-18(14-3-1-2-4-14)16(20)13-5-6-15-12(11-13)7-8-17-15/h5-8,11,14,17,19H,1-4,9-10H2. The second kappa shape index (κ2) is 5.67. The van der Waals surface area contributed by atoms with Gasteiger partial charge in [-0.15, -0.1) is 0 Å². The molecule has 0 aliphatic heterocycles. The van der Waals surface area contributed by atoms with E-state index < -0.39 is 0 Å². The topological polar surface area (TPSA) is 56.3 Å². The van der Waals surface area contributed by atoms with Crippen molar-refractivity contribution in [2.45, 2.75) is 31.7 Å². The third-order valence-corrected chi connectivity index (χ3v) is 4.17. The number of hydrogen-bond donors (Lipinski definition) is 2. The fourth-order valence-corrected chi connectivity index (χ4v) is 3.13. The van der Waals surface area contributed by atoms with Crippen LogP contribution in [0, 0.1) is 0 Å². The van der Waals surface area contributed by atoms with Gasteiger partial charge >= 0.3 is 0 Å². The van der Waals surface area contributed by atoms with Crippen molar-refractivity contribution in [2.24, 2.45) is 0 Å². The highest BCUT2D eigenvalue weighted by molar-refractivity contribution is 5.98. The van der Waals surface area contributed by atoms with Crippen LogP contribution < -0.4 is 0 Å². The number of nitrogens with one attached hydrogen (secondary N) is 1. The first-order valence-corrected chi connectivity index (χ1v) is 7.28. The lowest BCUT2D eigenvalue weighted by Gasteiger charge is -2.28. The Morgan fingerprint density at radius 2 is 2.10 bits per heavy atom. The molecule has 0 spiro atoms. The summed E-state index contributed by atoms with van der Waals surface area (Å²) in [5, 5.41) is 10.3. The van der Waals surface area contributed by atoms with E-state index in [1.165, 1.54) is 12.8 Å². The molecule has 1 aromatic carbocycles. The third-order valence-electron chi connectivity index (χ3n) is 4.17. The third kappa shape index (κ3) is 2.43. The summed E-state index contributed by atoms with van der Waals surface area (Å²) in [5.41, 5.74) is 1.74. The molecule has 0 bridgehead atoms. The van der Waals surface area contributed by atoms with Crippen LogP contribution in [0.5, 0.6) is 0 Å². The summed E-state index contributed by atoms with van der Waals surface area (Å²) in [6, 6.07) is 7.98. The van der Waals surface area contributed by atoms with Gasteiger partial charge < -0.3 is 15.0 Å². The van der Waals surface area contributed by atoms with E-state index in [1.807, 2.05) is 35.4 Å². The first-order chi connectivity index (χ1) is 9.79. The zero-order chi connectivity index (χ0) is 13.9. The van der Waals surface area contributed by atoms with E-state index >= 15 is 0 Å². The quantitative estimate of drug-likeness (QED) is 0.898. The number of benzene rings is 1. The molecule has 2 aromatic rings. The Kier molecular flexibility index (Phi) is 3.74. The molecule has 4 nitrogen and oxygen atoms in total. The minimum atomic E-state index is 0.0225. The smallest absolute Gasteiger partial charge is 0.254 e. The summed E-state index contributed by atoms with van der Waals surface area (Å²) in [7, 11) is 0. The van der Waals surface area contributed by atoms with Crippen molar-refractivity contribution in [1.29, 1.82) is 0 Å². The van der Waals surface area contributed by atoms with Crippen LogP contribution >= 0.6 is 0 Å². The number of carbonyl (C=O) groups is 1. The Hall–Kier alpha value is -1.81. The average Bonchev–Trinajstić information content (AvgIpc) is 3.13. The van der Waals surface area contributed by atoms with Gasteiger partial charge in [0.1, 0.15) is 0 Å². The van der Waals surface area contributed by atoms with Crippen molar-refractivity contribution in [1.82, 2.24) is 9.88 Å². The molecule has 3 rings (SSSR count). The average molecular weight is 272 g/mol. The van der Waals surface area contributed by atoms with Crippen LogP contribution in [0.1, 0.15) is 36.0 Å². The molecule has 20 heavy (non-hydrogen) atoms. The molecule has 0 unspecified atom stereocenters.